The van der Waals surface area contributed by atoms with Crippen LogP contribution in [0.3, 0.4) is 0 Å². The number of ether oxygens (including phenoxy) is 1. The van der Waals surface area contributed by atoms with Crippen molar-refractivity contribution in [1.82, 2.24) is 0 Å². The normalized spacial score (nSPS) is 10.6. The summed E-state index contributed by atoms with van der Waals surface area (Å²) in [6.45, 7) is 7.03. The molecule has 0 saturated heterocycles. The molecular formula is C18H23NOS. The van der Waals surface area contributed by atoms with Crippen molar-refractivity contribution in [2.45, 2.75) is 32.1 Å². The minimum Gasteiger partial charge on any atom is -0.493 e. The molecule has 0 aromatic heterocycles. The van der Waals surface area contributed by atoms with Gasteiger partial charge in [-0.1, -0.05) is 12.1 Å². The van der Waals surface area contributed by atoms with E-state index < -0.39 is 0 Å². The predicted molar refractivity (Wildman–Crippen MR) is 92.3 cm³/mol. The molecule has 0 aliphatic rings. The first-order chi connectivity index (χ1) is 10.1. The van der Waals surface area contributed by atoms with Crippen LogP contribution in [0, 0.1) is 20.8 Å². The van der Waals surface area contributed by atoms with Crippen molar-refractivity contribution in [3.8, 4) is 5.75 Å². The van der Waals surface area contributed by atoms with Gasteiger partial charge in [0.25, 0.3) is 0 Å². The highest BCUT2D eigenvalue weighted by Gasteiger charge is 2.02. The molecule has 0 unspecified atom stereocenters. The minimum atomic E-state index is 0.755. The van der Waals surface area contributed by atoms with Gasteiger partial charge in [0, 0.05) is 16.3 Å². The number of thioether (sulfide) groups is 1. The van der Waals surface area contributed by atoms with Crippen molar-refractivity contribution in [1.29, 1.82) is 0 Å². The summed E-state index contributed by atoms with van der Waals surface area (Å²) in [6, 6.07) is 12.4. The van der Waals surface area contributed by atoms with Crippen molar-refractivity contribution >= 4 is 17.4 Å². The summed E-state index contributed by atoms with van der Waals surface area (Å²) >= 11 is 1.86. The molecule has 112 valence electrons. The summed E-state index contributed by atoms with van der Waals surface area (Å²) in [4.78, 5) is 1.30. The fraction of sp³-hybridized carbons (Fsp3) is 0.333. The second kappa shape index (κ2) is 7.41. The molecule has 2 rings (SSSR count). The Bertz CT molecular complexity index is 610. The van der Waals surface area contributed by atoms with E-state index in [2.05, 4.69) is 45.0 Å². The van der Waals surface area contributed by atoms with Crippen molar-refractivity contribution in [3.05, 3.63) is 53.1 Å². The van der Waals surface area contributed by atoms with Crippen molar-refractivity contribution in [3.63, 3.8) is 0 Å². The standard InChI is InChI=1S/C18H23NOS/c1-13-5-6-14(2)17(11-13)20-9-4-10-21-18-8-7-16(19)12-15(18)3/h5-8,11-12H,4,9-10,19H2,1-3H3. The van der Waals surface area contributed by atoms with E-state index in [1.807, 2.05) is 23.9 Å². The van der Waals surface area contributed by atoms with E-state index in [9.17, 15) is 0 Å². The maximum Gasteiger partial charge on any atom is 0.122 e. The Balaban J connectivity index is 1.76. The number of nitrogen functional groups attached to an aromatic ring is 1. The molecule has 0 bridgehead atoms. The number of anilines is 1. The largest absolute Gasteiger partial charge is 0.493 e. The highest BCUT2D eigenvalue weighted by molar-refractivity contribution is 7.99. The lowest BCUT2D eigenvalue weighted by molar-refractivity contribution is 0.316. The molecule has 0 amide bonds. The van der Waals surface area contributed by atoms with Crippen molar-refractivity contribution in [2.75, 3.05) is 18.1 Å². The summed E-state index contributed by atoms with van der Waals surface area (Å²) in [6.07, 6.45) is 1.03. The second-order valence-electron chi connectivity index (χ2n) is 5.34. The van der Waals surface area contributed by atoms with Crippen LogP contribution in [0.15, 0.2) is 41.3 Å². The van der Waals surface area contributed by atoms with E-state index in [1.54, 1.807) is 0 Å². The van der Waals surface area contributed by atoms with Gasteiger partial charge >= 0.3 is 0 Å². The number of benzene rings is 2. The Labute approximate surface area is 131 Å². The molecular weight excluding hydrogens is 278 g/mol. The van der Waals surface area contributed by atoms with Crippen LogP contribution in [0.2, 0.25) is 0 Å². The second-order valence-corrected chi connectivity index (χ2v) is 6.48. The molecule has 0 atom stereocenters. The highest BCUT2D eigenvalue weighted by atomic mass is 32.2. The molecule has 0 heterocycles. The van der Waals surface area contributed by atoms with Gasteiger partial charge in [-0.05, 0) is 68.1 Å². The van der Waals surface area contributed by atoms with E-state index in [4.69, 9.17) is 10.5 Å². The maximum atomic E-state index is 5.87. The average molecular weight is 301 g/mol. The van der Waals surface area contributed by atoms with Gasteiger partial charge < -0.3 is 10.5 Å². The molecule has 0 fully saturated rings. The zero-order valence-electron chi connectivity index (χ0n) is 13.0. The third kappa shape index (κ3) is 4.71. The van der Waals surface area contributed by atoms with Crippen molar-refractivity contribution < 1.29 is 4.74 Å². The molecule has 0 aliphatic carbocycles. The number of hydrogen-bond donors (Lipinski definition) is 1. The number of nitrogens with two attached hydrogens (primary N) is 1. The first-order valence-electron chi connectivity index (χ1n) is 7.25. The van der Waals surface area contributed by atoms with E-state index in [1.165, 1.54) is 21.6 Å². The Kier molecular flexibility index (Phi) is 5.57. The third-order valence-electron chi connectivity index (χ3n) is 3.35. The van der Waals surface area contributed by atoms with E-state index in [-0.39, 0.29) is 0 Å². The lowest BCUT2D eigenvalue weighted by atomic mass is 10.1. The van der Waals surface area contributed by atoms with Gasteiger partial charge in [0.1, 0.15) is 5.75 Å². The SMILES string of the molecule is Cc1ccc(C)c(OCCCSc2ccc(N)cc2C)c1. The lowest BCUT2D eigenvalue weighted by Gasteiger charge is -2.10. The molecule has 2 aromatic carbocycles. The molecule has 21 heavy (non-hydrogen) atoms. The Morgan fingerprint density at radius 1 is 1.00 bits per heavy atom. The Morgan fingerprint density at radius 2 is 1.81 bits per heavy atom. The molecule has 2 aromatic rings. The topological polar surface area (TPSA) is 35.2 Å². The number of hydrogen-bond acceptors (Lipinski definition) is 3. The smallest absolute Gasteiger partial charge is 0.122 e. The Morgan fingerprint density at radius 3 is 2.57 bits per heavy atom. The first kappa shape index (κ1) is 15.8. The van der Waals surface area contributed by atoms with E-state index >= 15 is 0 Å². The van der Waals surface area contributed by atoms with Crippen LogP contribution in [0.1, 0.15) is 23.1 Å². The zero-order chi connectivity index (χ0) is 15.2. The molecule has 3 heteroatoms. The van der Waals surface area contributed by atoms with Gasteiger partial charge in [0.05, 0.1) is 6.61 Å². The maximum absolute atomic E-state index is 5.87. The molecule has 0 saturated carbocycles. The summed E-state index contributed by atoms with van der Waals surface area (Å²) in [5.74, 6) is 2.05. The minimum absolute atomic E-state index is 0.755. The average Bonchev–Trinajstić information content (AvgIpc) is 2.44. The fourth-order valence-corrected chi connectivity index (χ4v) is 3.05. The summed E-state index contributed by atoms with van der Waals surface area (Å²) in [5.41, 5.74) is 10.3. The summed E-state index contributed by atoms with van der Waals surface area (Å²) in [7, 11) is 0. The highest BCUT2D eigenvalue weighted by Crippen LogP contribution is 2.25. The third-order valence-corrected chi connectivity index (χ3v) is 4.61. The van der Waals surface area contributed by atoms with Gasteiger partial charge in [-0.2, -0.15) is 0 Å². The van der Waals surface area contributed by atoms with Crippen LogP contribution in [-0.2, 0) is 0 Å². The molecule has 0 spiro atoms. The van der Waals surface area contributed by atoms with Crippen LogP contribution >= 0.6 is 11.8 Å². The first-order valence-corrected chi connectivity index (χ1v) is 8.24. The lowest BCUT2D eigenvalue weighted by Crippen LogP contribution is -2.00. The van der Waals surface area contributed by atoms with Gasteiger partial charge in [-0.25, -0.2) is 0 Å². The van der Waals surface area contributed by atoms with E-state index in [0.29, 0.717) is 0 Å². The van der Waals surface area contributed by atoms with Gasteiger partial charge in [0.15, 0.2) is 0 Å². The van der Waals surface area contributed by atoms with Gasteiger partial charge in [-0.15, -0.1) is 11.8 Å². The molecule has 0 aliphatic heterocycles. The van der Waals surface area contributed by atoms with Crippen LogP contribution < -0.4 is 10.5 Å². The number of rotatable bonds is 6. The van der Waals surface area contributed by atoms with Crippen LogP contribution in [0.5, 0.6) is 5.75 Å². The summed E-state index contributed by atoms with van der Waals surface area (Å²) in [5, 5.41) is 0. The zero-order valence-corrected chi connectivity index (χ0v) is 13.8. The Hall–Kier alpha value is -1.61. The molecule has 2 N–H and O–H groups in total. The van der Waals surface area contributed by atoms with Gasteiger partial charge in [0.2, 0.25) is 0 Å². The van der Waals surface area contributed by atoms with Crippen molar-refractivity contribution in [2.24, 2.45) is 0 Å². The van der Waals surface area contributed by atoms with Crippen LogP contribution in [0.25, 0.3) is 0 Å². The molecule has 0 radical (unpaired) electrons. The predicted octanol–water partition coefficient (Wildman–Crippen LogP) is 4.76. The van der Waals surface area contributed by atoms with Gasteiger partial charge in [-0.3, -0.25) is 0 Å². The quantitative estimate of drug-likeness (QED) is 0.475. The van der Waals surface area contributed by atoms with E-state index in [0.717, 1.165) is 30.2 Å². The summed E-state index contributed by atoms with van der Waals surface area (Å²) < 4.78 is 5.87. The fourth-order valence-electron chi connectivity index (χ4n) is 2.12. The van der Waals surface area contributed by atoms with Crippen LogP contribution in [0.4, 0.5) is 5.69 Å². The number of aryl methyl sites for hydroxylation is 3. The van der Waals surface area contributed by atoms with Crippen LogP contribution in [-0.4, -0.2) is 12.4 Å². The molecule has 2 nitrogen and oxygen atoms in total. The monoisotopic (exact) mass is 301 g/mol.